The standard InChI is InChI=1S/C16H19N3O3/c1-11(20)19-9-4-3-8-14(19)16-17-15(18-22-16)12-6-5-7-13(10-12)21-2/h5-7,10,14H,3-4,8-9H2,1-2H3/t14-/m1/s1. The van der Waals surface area contributed by atoms with Crippen LogP contribution >= 0.6 is 0 Å². The number of methoxy groups -OCH3 is 1. The zero-order valence-corrected chi connectivity index (χ0v) is 12.8. The van der Waals surface area contributed by atoms with Crippen LogP contribution < -0.4 is 4.74 Å². The van der Waals surface area contributed by atoms with E-state index in [2.05, 4.69) is 10.1 Å². The van der Waals surface area contributed by atoms with Crippen LogP contribution in [0.15, 0.2) is 28.8 Å². The summed E-state index contributed by atoms with van der Waals surface area (Å²) in [7, 11) is 1.62. The molecule has 1 aliphatic heterocycles. The van der Waals surface area contributed by atoms with Gasteiger partial charge in [-0.3, -0.25) is 4.79 Å². The molecule has 1 amide bonds. The SMILES string of the molecule is COc1cccc(-c2noc([C@H]3CCCCN3C(C)=O)n2)c1. The average Bonchev–Trinajstić information content (AvgIpc) is 3.05. The first-order valence-corrected chi connectivity index (χ1v) is 7.44. The van der Waals surface area contributed by atoms with Gasteiger partial charge in [0.15, 0.2) is 0 Å². The Morgan fingerprint density at radius 2 is 2.27 bits per heavy atom. The van der Waals surface area contributed by atoms with Crippen molar-refractivity contribution in [3.05, 3.63) is 30.2 Å². The van der Waals surface area contributed by atoms with Crippen molar-refractivity contribution in [3.63, 3.8) is 0 Å². The number of carbonyl (C=O) groups excluding carboxylic acids is 1. The highest BCUT2D eigenvalue weighted by molar-refractivity contribution is 5.73. The predicted molar refractivity (Wildman–Crippen MR) is 80.3 cm³/mol. The highest BCUT2D eigenvalue weighted by Gasteiger charge is 2.30. The molecule has 1 aliphatic rings. The van der Waals surface area contributed by atoms with Crippen molar-refractivity contribution in [2.75, 3.05) is 13.7 Å². The second-order valence-electron chi connectivity index (χ2n) is 5.41. The van der Waals surface area contributed by atoms with Crippen LogP contribution in [-0.4, -0.2) is 34.6 Å². The van der Waals surface area contributed by atoms with Gasteiger partial charge in [0.2, 0.25) is 17.6 Å². The van der Waals surface area contributed by atoms with Crippen LogP contribution in [0.1, 0.15) is 38.1 Å². The number of carbonyl (C=O) groups is 1. The molecular weight excluding hydrogens is 282 g/mol. The van der Waals surface area contributed by atoms with Crippen LogP contribution in [0.5, 0.6) is 5.75 Å². The fourth-order valence-corrected chi connectivity index (χ4v) is 2.82. The van der Waals surface area contributed by atoms with Crippen molar-refractivity contribution in [3.8, 4) is 17.1 Å². The molecule has 0 saturated carbocycles. The van der Waals surface area contributed by atoms with E-state index >= 15 is 0 Å². The maximum Gasteiger partial charge on any atom is 0.249 e. The molecule has 6 heteroatoms. The minimum atomic E-state index is -0.113. The van der Waals surface area contributed by atoms with Gasteiger partial charge in [-0.2, -0.15) is 4.98 Å². The first kappa shape index (κ1) is 14.6. The van der Waals surface area contributed by atoms with Crippen LogP contribution in [0.4, 0.5) is 0 Å². The number of rotatable bonds is 3. The van der Waals surface area contributed by atoms with Crippen molar-refractivity contribution < 1.29 is 14.1 Å². The van der Waals surface area contributed by atoms with Crippen LogP contribution in [0.25, 0.3) is 11.4 Å². The van der Waals surface area contributed by atoms with E-state index in [1.54, 1.807) is 14.0 Å². The Labute approximate surface area is 129 Å². The number of hydrogen-bond acceptors (Lipinski definition) is 5. The number of ether oxygens (including phenoxy) is 1. The summed E-state index contributed by atoms with van der Waals surface area (Å²) in [6.45, 7) is 2.33. The Hall–Kier alpha value is -2.37. The Morgan fingerprint density at radius 3 is 3.05 bits per heavy atom. The normalized spacial score (nSPS) is 18.3. The first-order chi connectivity index (χ1) is 10.7. The molecule has 0 unspecified atom stereocenters. The number of piperidine rings is 1. The van der Waals surface area contributed by atoms with E-state index in [0.717, 1.165) is 37.1 Å². The monoisotopic (exact) mass is 301 g/mol. The molecule has 0 spiro atoms. The summed E-state index contributed by atoms with van der Waals surface area (Å²) in [5.41, 5.74) is 0.833. The van der Waals surface area contributed by atoms with Crippen molar-refractivity contribution >= 4 is 5.91 Å². The van der Waals surface area contributed by atoms with Gasteiger partial charge in [0.1, 0.15) is 11.8 Å². The van der Waals surface area contributed by atoms with Crippen LogP contribution in [0, 0.1) is 0 Å². The van der Waals surface area contributed by atoms with Gasteiger partial charge >= 0.3 is 0 Å². The number of amides is 1. The third-order valence-corrected chi connectivity index (χ3v) is 3.96. The molecule has 116 valence electrons. The zero-order chi connectivity index (χ0) is 15.5. The van der Waals surface area contributed by atoms with Crippen molar-refractivity contribution in [1.82, 2.24) is 15.0 Å². The molecule has 1 saturated heterocycles. The zero-order valence-electron chi connectivity index (χ0n) is 12.8. The molecule has 22 heavy (non-hydrogen) atoms. The van der Waals surface area contributed by atoms with Crippen LogP contribution in [0.3, 0.4) is 0 Å². The second kappa shape index (κ2) is 6.17. The Bertz CT molecular complexity index is 668. The van der Waals surface area contributed by atoms with Crippen LogP contribution in [0.2, 0.25) is 0 Å². The molecular formula is C16H19N3O3. The molecule has 2 aromatic rings. The maximum absolute atomic E-state index is 11.8. The quantitative estimate of drug-likeness (QED) is 0.872. The molecule has 1 aromatic heterocycles. The molecule has 3 rings (SSSR count). The summed E-state index contributed by atoms with van der Waals surface area (Å²) >= 11 is 0. The molecule has 0 radical (unpaired) electrons. The highest BCUT2D eigenvalue weighted by Crippen LogP contribution is 2.31. The Morgan fingerprint density at radius 1 is 1.41 bits per heavy atom. The average molecular weight is 301 g/mol. The molecule has 0 aliphatic carbocycles. The van der Waals surface area contributed by atoms with Gasteiger partial charge in [-0.25, -0.2) is 0 Å². The Balaban J connectivity index is 1.87. The van der Waals surface area contributed by atoms with E-state index in [1.807, 2.05) is 29.2 Å². The number of hydrogen-bond donors (Lipinski definition) is 0. The van der Waals surface area contributed by atoms with Gasteiger partial charge < -0.3 is 14.2 Å². The second-order valence-corrected chi connectivity index (χ2v) is 5.41. The fraction of sp³-hybridized carbons (Fsp3) is 0.438. The summed E-state index contributed by atoms with van der Waals surface area (Å²) in [6, 6.07) is 7.40. The number of likely N-dealkylation sites (tertiary alicyclic amines) is 1. The van der Waals surface area contributed by atoms with Gasteiger partial charge in [0, 0.05) is 19.0 Å². The summed E-state index contributed by atoms with van der Waals surface area (Å²) < 4.78 is 10.6. The molecule has 1 aromatic carbocycles. The minimum Gasteiger partial charge on any atom is -0.497 e. The van der Waals surface area contributed by atoms with Crippen molar-refractivity contribution in [2.24, 2.45) is 0 Å². The van der Waals surface area contributed by atoms with E-state index in [9.17, 15) is 4.79 Å². The summed E-state index contributed by atoms with van der Waals surface area (Å²) in [5.74, 6) is 1.81. The van der Waals surface area contributed by atoms with Gasteiger partial charge in [0.25, 0.3) is 0 Å². The lowest BCUT2D eigenvalue weighted by molar-refractivity contribution is -0.133. The first-order valence-electron chi connectivity index (χ1n) is 7.44. The molecule has 0 N–H and O–H groups in total. The summed E-state index contributed by atoms with van der Waals surface area (Å²) in [5, 5.41) is 4.05. The van der Waals surface area contributed by atoms with E-state index in [0.29, 0.717) is 11.7 Å². The highest BCUT2D eigenvalue weighted by atomic mass is 16.5. The van der Waals surface area contributed by atoms with Gasteiger partial charge in [-0.1, -0.05) is 17.3 Å². The molecule has 2 heterocycles. The topological polar surface area (TPSA) is 68.5 Å². The molecule has 0 bridgehead atoms. The number of benzene rings is 1. The smallest absolute Gasteiger partial charge is 0.249 e. The largest absolute Gasteiger partial charge is 0.497 e. The molecule has 6 nitrogen and oxygen atoms in total. The minimum absolute atomic E-state index is 0.0471. The lowest BCUT2D eigenvalue weighted by Gasteiger charge is -2.32. The predicted octanol–water partition coefficient (Wildman–Crippen LogP) is 2.82. The molecule has 1 atom stereocenters. The number of aromatic nitrogens is 2. The van der Waals surface area contributed by atoms with Gasteiger partial charge in [0.05, 0.1) is 7.11 Å². The third kappa shape index (κ3) is 2.81. The van der Waals surface area contributed by atoms with E-state index in [4.69, 9.17) is 9.26 Å². The lowest BCUT2D eigenvalue weighted by Crippen LogP contribution is -2.37. The van der Waals surface area contributed by atoms with E-state index < -0.39 is 0 Å². The van der Waals surface area contributed by atoms with Gasteiger partial charge in [-0.05, 0) is 31.4 Å². The summed E-state index contributed by atoms with van der Waals surface area (Å²) in [6.07, 6.45) is 2.94. The third-order valence-electron chi connectivity index (χ3n) is 3.96. The van der Waals surface area contributed by atoms with Gasteiger partial charge in [-0.15, -0.1) is 0 Å². The van der Waals surface area contributed by atoms with Crippen LogP contribution in [-0.2, 0) is 4.79 Å². The lowest BCUT2D eigenvalue weighted by atomic mass is 10.0. The fourth-order valence-electron chi connectivity index (χ4n) is 2.82. The summed E-state index contributed by atoms with van der Waals surface area (Å²) in [4.78, 5) is 18.1. The van der Waals surface area contributed by atoms with Crippen molar-refractivity contribution in [1.29, 1.82) is 0 Å². The Kier molecular flexibility index (Phi) is 4.09. The van der Waals surface area contributed by atoms with E-state index in [1.165, 1.54) is 0 Å². The van der Waals surface area contributed by atoms with Crippen molar-refractivity contribution in [2.45, 2.75) is 32.2 Å². The maximum atomic E-state index is 11.8. The van der Waals surface area contributed by atoms with E-state index in [-0.39, 0.29) is 11.9 Å². The molecule has 1 fully saturated rings. The number of nitrogens with zero attached hydrogens (tertiary/aromatic N) is 3.